The fourth-order valence-corrected chi connectivity index (χ4v) is 2.23. The quantitative estimate of drug-likeness (QED) is 0.920. The van der Waals surface area contributed by atoms with Crippen LogP contribution in [0.4, 0.5) is 0 Å². The summed E-state index contributed by atoms with van der Waals surface area (Å²) in [6.07, 6.45) is 0. The van der Waals surface area contributed by atoms with Gasteiger partial charge in [-0.25, -0.2) is 0 Å². The Morgan fingerprint density at radius 1 is 1.25 bits per heavy atom. The zero-order valence-electron chi connectivity index (χ0n) is 12.0. The molecule has 1 N–H and O–H groups in total. The minimum absolute atomic E-state index is 0. The van der Waals surface area contributed by atoms with Gasteiger partial charge in [0.25, 0.3) is 5.91 Å². The van der Waals surface area contributed by atoms with Crippen LogP contribution in [0.5, 0.6) is 11.5 Å². The van der Waals surface area contributed by atoms with Gasteiger partial charge in [0, 0.05) is 37.3 Å². The molecule has 1 amide bonds. The average Bonchev–Trinajstić information content (AvgIpc) is 2.45. The molecule has 1 heterocycles. The summed E-state index contributed by atoms with van der Waals surface area (Å²) in [6.45, 7) is 4.35. The molecule has 1 aromatic carbocycles. The van der Waals surface area contributed by atoms with Crippen molar-refractivity contribution in [3.63, 3.8) is 0 Å². The monoisotopic (exact) mass is 300 g/mol. The summed E-state index contributed by atoms with van der Waals surface area (Å²) in [6, 6.07) is 5.58. The molecular formula is C14H21ClN2O3. The third kappa shape index (κ3) is 3.77. The van der Waals surface area contributed by atoms with Gasteiger partial charge < -0.3 is 19.7 Å². The molecule has 0 saturated carbocycles. The van der Waals surface area contributed by atoms with Crippen molar-refractivity contribution in [2.75, 3.05) is 33.9 Å². The maximum absolute atomic E-state index is 12.5. The number of halogens is 1. The maximum atomic E-state index is 12.5. The van der Waals surface area contributed by atoms with Gasteiger partial charge in [-0.2, -0.15) is 0 Å². The number of nitrogens with one attached hydrogen (secondary N) is 1. The Morgan fingerprint density at radius 3 is 2.35 bits per heavy atom. The highest BCUT2D eigenvalue weighted by Gasteiger charge is 2.22. The number of methoxy groups -OCH3 is 2. The third-order valence-electron chi connectivity index (χ3n) is 3.25. The number of benzene rings is 1. The molecule has 1 atom stereocenters. The first-order valence-electron chi connectivity index (χ1n) is 6.39. The molecule has 1 aliphatic heterocycles. The van der Waals surface area contributed by atoms with Crippen LogP contribution >= 0.6 is 12.4 Å². The normalized spacial score (nSPS) is 18.1. The minimum atomic E-state index is 0. The largest absolute Gasteiger partial charge is 0.497 e. The van der Waals surface area contributed by atoms with E-state index in [-0.39, 0.29) is 18.3 Å². The van der Waals surface area contributed by atoms with Gasteiger partial charge in [-0.15, -0.1) is 12.4 Å². The topological polar surface area (TPSA) is 50.8 Å². The molecule has 0 aliphatic carbocycles. The van der Waals surface area contributed by atoms with Crippen molar-refractivity contribution in [3.05, 3.63) is 23.8 Å². The number of ether oxygens (including phenoxy) is 2. The van der Waals surface area contributed by atoms with Gasteiger partial charge in [0.1, 0.15) is 11.5 Å². The summed E-state index contributed by atoms with van der Waals surface area (Å²) in [5.41, 5.74) is 0.602. The van der Waals surface area contributed by atoms with Crippen LogP contribution in [0.3, 0.4) is 0 Å². The number of amides is 1. The van der Waals surface area contributed by atoms with Crippen LogP contribution in [0.1, 0.15) is 17.3 Å². The van der Waals surface area contributed by atoms with Crippen molar-refractivity contribution in [2.24, 2.45) is 0 Å². The number of hydrogen-bond acceptors (Lipinski definition) is 4. The van der Waals surface area contributed by atoms with Gasteiger partial charge >= 0.3 is 0 Å². The molecule has 1 fully saturated rings. The maximum Gasteiger partial charge on any atom is 0.254 e. The van der Waals surface area contributed by atoms with Crippen molar-refractivity contribution < 1.29 is 14.3 Å². The van der Waals surface area contributed by atoms with Crippen molar-refractivity contribution in [1.29, 1.82) is 0 Å². The van der Waals surface area contributed by atoms with E-state index in [4.69, 9.17) is 9.47 Å². The Labute approximate surface area is 125 Å². The predicted molar refractivity (Wildman–Crippen MR) is 80.2 cm³/mol. The van der Waals surface area contributed by atoms with Gasteiger partial charge in [0.15, 0.2) is 0 Å². The number of carbonyl (C=O) groups excluding carboxylic acids is 1. The molecular weight excluding hydrogens is 280 g/mol. The molecule has 1 aromatic rings. The molecule has 1 aliphatic rings. The van der Waals surface area contributed by atoms with Crippen LogP contribution in [-0.2, 0) is 0 Å². The Kier molecular flexibility index (Phi) is 6.10. The van der Waals surface area contributed by atoms with Crippen LogP contribution in [-0.4, -0.2) is 50.7 Å². The summed E-state index contributed by atoms with van der Waals surface area (Å²) >= 11 is 0. The Morgan fingerprint density at radius 2 is 1.85 bits per heavy atom. The smallest absolute Gasteiger partial charge is 0.254 e. The average molecular weight is 301 g/mol. The van der Waals surface area contributed by atoms with Crippen LogP contribution in [0.15, 0.2) is 18.2 Å². The van der Waals surface area contributed by atoms with Gasteiger partial charge in [0.2, 0.25) is 0 Å². The van der Waals surface area contributed by atoms with Crippen molar-refractivity contribution in [2.45, 2.75) is 13.0 Å². The zero-order valence-corrected chi connectivity index (χ0v) is 12.8. The lowest BCUT2D eigenvalue weighted by atomic mass is 10.1. The van der Waals surface area contributed by atoms with Crippen molar-refractivity contribution >= 4 is 18.3 Å². The van der Waals surface area contributed by atoms with Crippen molar-refractivity contribution in [1.82, 2.24) is 10.2 Å². The Bertz CT molecular complexity index is 445. The summed E-state index contributed by atoms with van der Waals surface area (Å²) in [7, 11) is 3.16. The SMILES string of the molecule is COc1cc(OC)cc(C(=O)N2CCN[C@H](C)C2)c1.Cl. The second-order valence-corrected chi connectivity index (χ2v) is 4.71. The summed E-state index contributed by atoms with van der Waals surface area (Å²) < 4.78 is 10.4. The minimum Gasteiger partial charge on any atom is -0.497 e. The number of hydrogen-bond donors (Lipinski definition) is 1. The summed E-state index contributed by atoms with van der Waals surface area (Å²) in [5, 5.41) is 3.32. The summed E-state index contributed by atoms with van der Waals surface area (Å²) in [5.74, 6) is 1.28. The first kappa shape index (κ1) is 16.6. The molecule has 1 saturated heterocycles. The molecule has 20 heavy (non-hydrogen) atoms. The second-order valence-electron chi connectivity index (χ2n) is 4.71. The van der Waals surface area contributed by atoms with E-state index in [0.29, 0.717) is 23.1 Å². The Hall–Kier alpha value is -1.46. The van der Waals surface area contributed by atoms with Gasteiger partial charge in [0.05, 0.1) is 14.2 Å². The van der Waals surface area contributed by atoms with E-state index in [1.54, 1.807) is 32.4 Å². The van der Waals surface area contributed by atoms with E-state index in [9.17, 15) is 4.79 Å². The number of carbonyl (C=O) groups is 1. The van der Waals surface area contributed by atoms with Gasteiger partial charge in [-0.05, 0) is 19.1 Å². The molecule has 6 heteroatoms. The first-order chi connectivity index (χ1) is 9.13. The third-order valence-corrected chi connectivity index (χ3v) is 3.25. The molecule has 0 radical (unpaired) electrons. The lowest BCUT2D eigenvalue weighted by Gasteiger charge is -2.32. The van der Waals surface area contributed by atoms with Gasteiger partial charge in [-0.1, -0.05) is 0 Å². The lowest BCUT2D eigenvalue weighted by molar-refractivity contribution is 0.0708. The molecule has 0 unspecified atom stereocenters. The number of rotatable bonds is 3. The van der Waals surface area contributed by atoms with Crippen LogP contribution in [0.25, 0.3) is 0 Å². The molecule has 2 rings (SSSR count). The van der Waals surface area contributed by atoms with Crippen LogP contribution in [0.2, 0.25) is 0 Å². The predicted octanol–water partition coefficient (Wildman–Crippen LogP) is 1.56. The van der Waals surface area contributed by atoms with E-state index < -0.39 is 0 Å². The van der Waals surface area contributed by atoms with E-state index in [1.807, 2.05) is 4.90 Å². The Balaban J connectivity index is 0.00000200. The van der Waals surface area contributed by atoms with Crippen LogP contribution in [0, 0.1) is 0 Å². The standard InChI is InChI=1S/C14H20N2O3.ClH/c1-10-9-16(5-4-15-10)14(17)11-6-12(18-2)8-13(7-11)19-3;/h6-8,10,15H,4-5,9H2,1-3H3;1H/t10-;/m1./s1. The number of nitrogens with zero attached hydrogens (tertiary/aromatic N) is 1. The second kappa shape index (κ2) is 7.36. The van der Waals surface area contributed by atoms with E-state index in [2.05, 4.69) is 12.2 Å². The lowest BCUT2D eigenvalue weighted by Crippen LogP contribution is -2.51. The highest BCUT2D eigenvalue weighted by Crippen LogP contribution is 2.23. The highest BCUT2D eigenvalue weighted by molar-refractivity contribution is 5.95. The zero-order chi connectivity index (χ0) is 13.8. The molecule has 0 bridgehead atoms. The van der Waals surface area contributed by atoms with Gasteiger partial charge in [-0.3, -0.25) is 4.79 Å². The molecule has 0 aromatic heterocycles. The fraction of sp³-hybridized carbons (Fsp3) is 0.500. The van der Waals surface area contributed by atoms with Crippen LogP contribution < -0.4 is 14.8 Å². The van der Waals surface area contributed by atoms with E-state index in [1.165, 1.54) is 0 Å². The molecule has 5 nitrogen and oxygen atoms in total. The highest BCUT2D eigenvalue weighted by atomic mass is 35.5. The fourth-order valence-electron chi connectivity index (χ4n) is 2.23. The number of piperazine rings is 1. The summed E-state index contributed by atoms with van der Waals surface area (Å²) in [4.78, 5) is 14.3. The molecule has 0 spiro atoms. The van der Waals surface area contributed by atoms with Crippen molar-refractivity contribution in [3.8, 4) is 11.5 Å². The van der Waals surface area contributed by atoms with E-state index >= 15 is 0 Å². The van der Waals surface area contributed by atoms with E-state index in [0.717, 1.165) is 19.6 Å². The first-order valence-corrected chi connectivity index (χ1v) is 6.39. The molecule has 112 valence electrons.